The summed E-state index contributed by atoms with van der Waals surface area (Å²) in [4.78, 5) is 4.75. The van der Waals surface area contributed by atoms with E-state index >= 15 is 0 Å². The molecule has 0 radical (unpaired) electrons. The van der Waals surface area contributed by atoms with Crippen LogP contribution < -0.4 is 0 Å². The highest BCUT2D eigenvalue weighted by Gasteiger charge is 2.30. The van der Waals surface area contributed by atoms with Crippen LogP contribution in [-0.4, -0.2) is 74.5 Å². The Morgan fingerprint density at radius 3 is 2.20 bits per heavy atom. The van der Waals surface area contributed by atoms with Crippen molar-refractivity contribution in [1.82, 2.24) is 9.80 Å². The zero-order valence-corrected chi connectivity index (χ0v) is 13.7. The normalized spacial score (nSPS) is 27.6. The molecule has 1 unspecified atom stereocenters. The molecule has 2 aliphatic rings. The molecule has 0 aromatic carbocycles. The number of ether oxygens (including phenoxy) is 2. The van der Waals surface area contributed by atoms with Crippen LogP contribution in [-0.2, 0) is 9.47 Å². The van der Waals surface area contributed by atoms with Crippen molar-refractivity contribution in [2.24, 2.45) is 0 Å². The minimum absolute atomic E-state index is 0.0525. The Hall–Kier alpha value is -0.160. The second kappa shape index (κ2) is 7.21. The molecular weight excluding hydrogens is 252 g/mol. The van der Waals surface area contributed by atoms with Crippen LogP contribution in [0.3, 0.4) is 0 Å². The van der Waals surface area contributed by atoms with Gasteiger partial charge in [0.2, 0.25) is 0 Å². The number of likely N-dealkylation sites (tertiary alicyclic amines) is 2. The molecule has 0 bridgehead atoms. The van der Waals surface area contributed by atoms with Crippen molar-refractivity contribution in [2.45, 2.75) is 57.3 Å². The molecule has 0 aliphatic carbocycles. The van der Waals surface area contributed by atoms with E-state index < -0.39 is 0 Å². The molecule has 0 spiro atoms. The second-order valence-electron chi connectivity index (χ2n) is 7.01. The van der Waals surface area contributed by atoms with Crippen LogP contribution in [0.2, 0.25) is 0 Å². The zero-order valence-electron chi connectivity index (χ0n) is 13.7. The summed E-state index contributed by atoms with van der Waals surface area (Å²) in [6.45, 7) is 9.72. The molecule has 118 valence electrons. The van der Waals surface area contributed by atoms with Gasteiger partial charge in [0.25, 0.3) is 0 Å². The molecule has 4 nitrogen and oxygen atoms in total. The van der Waals surface area contributed by atoms with Crippen LogP contribution in [0.1, 0.15) is 39.5 Å². The van der Waals surface area contributed by atoms with Gasteiger partial charge in [-0.3, -0.25) is 0 Å². The summed E-state index contributed by atoms with van der Waals surface area (Å²) in [5, 5.41) is 0. The van der Waals surface area contributed by atoms with Gasteiger partial charge in [0.15, 0.2) is 0 Å². The summed E-state index contributed by atoms with van der Waals surface area (Å²) in [5.74, 6) is 0. The Balaban J connectivity index is 1.65. The van der Waals surface area contributed by atoms with Crippen LogP contribution in [0.5, 0.6) is 0 Å². The van der Waals surface area contributed by atoms with Crippen LogP contribution in [0.15, 0.2) is 0 Å². The lowest BCUT2D eigenvalue weighted by Gasteiger charge is -2.39. The van der Waals surface area contributed by atoms with Crippen molar-refractivity contribution in [3.8, 4) is 0 Å². The molecule has 2 aliphatic heterocycles. The predicted octanol–water partition coefficient (Wildman–Crippen LogP) is 1.99. The van der Waals surface area contributed by atoms with E-state index in [4.69, 9.17) is 9.47 Å². The Morgan fingerprint density at radius 1 is 1.05 bits per heavy atom. The largest absolute Gasteiger partial charge is 0.373 e. The third-order valence-corrected chi connectivity index (χ3v) is 4.80. The lowest BCUT2D eigenvalue weighted by molar-refractivity contribution is -0.124. The number of nitrogens with zero attached hydrogens (tertiary/aromatic N) is 2. The standard InChI is InChI=1S/C16H32N2O2/c1-14(20-15-5-9-17(3)10-6-15)13-19-16(2)7-11-18(4)12-8-16/h14-15H,5-13H2,1-4H3. The van der Waals surface area contributed by atoms with E-state index in [2.05, 4.69) is 37.7 Å². The van der Waals surface area contributed by atoms with Crippen molar-refractivity contribution >= 4 is 0 Å². The first-order valence-electron chi connectivity index (χ1n) is 8.13. The number of hydrogen-bond acceptors (Lipinski definition) is 4. The minimum Gasteiger partial charge on any atom is -0.373 e. The maximum atomic E-state index is 6.18. The molecule has 0 aromatic heterocycles. The van der Waals surface area contributed by atoms with E-state index in [0.717, 1.165) is 58.5 Å². The molecule has 0 amide bonds. The van der Waals surface area contributed by atoms with Gasteiger partial charge in [0, 0.05) is 26.2 Å². The molecule has 0 aromatic rings. The maximum Gasteiger partial charge on any atom is 0.0784 e. The fraction of sp³-hybridized carbons (Fsp3) is 1.00. The van der Waals surface area contributed by atoms with Crippen LogP contribution in [0.25, 0.3) is 0 Å². The summed E-state index contributed by atoms with van der Waals surface area (Å²) in [6.07, 6.45) is 5.20. The van der Waals surface area contributed by atoms with Crippen molar-refractivity contribution in [3.63, 3.8) is 0 Å². The van der Waals surface area contributed by atoms with Crippen molar-refractivity contribution in [3.05, 3.63) is 0 Å². The van der Waals surface area contributed by atoms with Gasteiger partial charge in [-0.15, -0.1) is 0 Å². The van der Waals surface area contributed by atoms with E-state index in [1.54, 1.807) is 0 Å². The SMILES string of the molecule is CC(COC1(C)CCN(C)CC1)OC1CCN(C)CC1. The first kappa shape index (κ1) is 16.2. The molecule has 20 heavy (non-hydrogen) atoms. The summed E-state index contributed by atoms with van der Waals surface area (Å²) < 4.78 is 12.3. The summed E-state index contributed by atoms with van der Waals surface area (Å²) in [5.41, 5.74) is 0.0525. The van der Waals surface area contributed by atoms with Gasteiger partial charge < -0.3 is 19.3 Å². The van der Waals surface area contributed by atoms with Crippen molar-refractivity contribution in [2.75, 3.05) is 46.9 Å². The number of piperidine rings is 2. The third kappa shape index (κ3) is 4.99. The van der Waals surface area contributed by atoms with Gasteiger partial charge in [-0.1, -0.05) is 0 Å². The Morgan fingerprint density at radius 2 is 1.60 bits per heavy atom. The topological polar surface area (TPSA) is 24.9 Å². The highest BCUT2D eigenvalue weighted by molar-refractivity contribution is 4.83. The molecule has 2 rings (SSSR count). The van der Waals surface area contributed by atoms with Gasteiger partial charge in [-0.25, -0.2) is 0 Å². The molecule has 0 saturated carbocycles. The second-order valence-corrected chi connectivity index (χ2v) is 7.01. The van der Waals surface area contributed by atoms with E-state index in [9.17, 15) is 0 Å². The third-order valence-electron chi connectivity index (χ3n) is 4.80. The van der Waals surface area contributed by atoms with Gasteiger partial charge in [-0.2, -0.15) is 0 Å². The summed E-state index contributed by atoms with van der Waals surface area (Å²) in [7, 11) is 4.37. The lowest BCUT2D eigenvalue weighted by atomic mass is 9.93. The van der Waals surface area contributed by atoms with Gasteiger partial charge >= 0.3 is 0 Å². The van der Waals surface area contributed by atoms with Crippen molar-refractivity contribution < 1.29 is 9.47 Å². The molecule has 2 saturated heterocycles. The molecule has 0 N–H and O–H groups in total. The monoisotopic (exact) mass is 284 g/mol. The van der Waals surface area contributed by atoms with Crippen molar-refractivity contribution in [1.29, 1.82) is 0 Å². The smallest absolute Gasteiger partial charge is 0.0784 e. The van der Waals surface area contributed by atoms with E-state index in [1.165, 1.54) is 0 Å². The zero-order chi connectivity index (χ0) is 14.6. The van der Waals surface area contributed by atoms with Gasteiger partial charge in [0.1, 0.15) is 0 Å². The Bertz CT molecular complexity index is 282. The fourth-order valence-electron chi connectivity index (χ4n) is 3.04. The lowest BCUT2D eigenvalue weighted by Crippen LogP contribution is -2.44. The number of rotatable bonds is 5. The number of hydrogen-bond donors (Lipinski definition) is 0. The van der Waals surface area contributed by atoms with E-state index in [-0.39, 0.29) is 11.7 Å². The molecule has 4 heteroatoms. The van der Waals surface area contributed by atoms with Crippen LogP contribution in [0, 0.1) is 0 Å². The molecule has 1 atom stereocenters. The van der Waals surface area contributed by atoms with Gasteiger partial charge in [-0.05, 0) is 53.6 Å². The highest BCUT2D eigenvalue weighted by atomic mass is 16.5. The minimum atomic E-state index is 0.0525. The average molecular weight is 284 g/mol. The first-order valence-corrected chi connectivity index (χ1v) is 8.13. The molecule has 2 fully saturated rings. The van der Waals surface area contributed by atoms with E-state index in [1.807, 2.05) is 0 Å². The van der Waals surface area contributed by atoms with E-state index in [0.29, 0.717) is 6.10 Å². The predicted molar refractivity (Wildman–Crippen MR) is 82.2 cm³/mol. The molecular formula is C16H32N2O2. The summed E-state index contributed by atoms with van der Waals surface area (Å²) >= 11 is 0. The van der Waals surface area contributed by atoms with Gasteiger partial charge in [0.05, 0.1) is 24.4 Å². The Labute approximate surface area is 124 Å². The first-order chi connectivity index (χ1) is 9.47. The van der Waals surface area contributed by atoms with Crippen LogP contribution >= 0.6 is 0 Å². The fourth-order valence-corrected chi connectivity index (χ4v) is 3.04. The average Bonchev–Trinajstić information content (AvgIpc) is 2.43. The highest BCUT2D eigenvalue weighted by Crippen LogP contribution is 2.25. The summed E-state index contributed by atoms with van der Waals surface area (Å²) in [6, 6.07) is 0. The molecule has 2 heterocycles. The Kier molecular flexibility index (Phi) is 5.84. The maximum absolute atomic E-state index is 6.18. The van der Waals surface area contributed by atoms with Crippen LogP contribution in [0.4, 0.5) is 0 Å². The quantitative estimate of drug-likeness (QED) is 0.771.